The summed E-state index contributed by atoms with van der Waals surface area (Å²) in [6, 6.07) is 11.1. The molecule has 0 N–H and O–H groups in total. The van der Waals surface area contributed by atoms with Crippen LogP contribution < -0.4 is 0 Å². The van der Waals surface area contributed by atoms with Crippen molar-refractivity contribution in [3.05, 3.63) is 64.6 Å². The van der Waals surface area contributed by atoms with Crippen LogP contribution in [0.4, 0.5) is 0 Å². The van der Waals surface area contributed by atoms with Crippen LogP contribution in [0.1, 0.15) is 35.0 Å². The molecule has 3 heteroatoms. The molecule has 0 fully saturated rings. The van der Waals surface area contributed by atoms with Gasteiger partial charge in [0, 0.05) is 48.7 Å². The van der Waals surface area contributed by atoms with Crippen LogP contribution in [-0.2, 0) is 13.0 Å². The number of aryl methyl sites for hydroxylation is 2. The number of pyridine rings is 1. The van der Waals surface area contributed by atoms with Gasteiger partial charge >= 0.3 is 0 Å². The third-order valence-electron chi connectivity index (χ3n) is 5.21. The minimum atomic E-state index is 1.03. The Hall–Kier alpha value is -2.39. The van der Waals surface area contributed by atoms with E-state index < -0.39 is 0 Å². The van der Waals surface area contributed by atoms with Gasteiger partial charge in [-0.25, -0.2) is 0 Å². The van der Waals surface area contributed by atoms with Crippen LogP contribution >= 0.6 is 0 Å². The van der Waals surface area contributed by atoms with Crippen molar-refractivity contribution in [1.82, 2.24) is 14.5 Å². The van der Waals surface area contributed by atoms with Gasteiger partial charge in [-0.2, -0.15) is 0 Å². The molecule has 1 aliphatic rings. The molecule has 4 rings (SSSR count). The topological polar surface area (TPSA) is 21.1 Å². The van der Waals surface area contributed by atoms with Gasteiger partial charge in [0.05, 0.1) is 5.52 Å². The van der Waals surface area contributed by atoms with E-state index in [-0.39, 0.29) is 0 Å². The highest BCUT2D eigenvalue weighted by molar-refractivity contribution is 5.90. The first kappa shape index (κ1) is 16.1. The minimum absolute atomic E-state index is 1.03. The fraction of sp³-hybridized carbons (Fsp3) is 0.318. The number of hydrogen-bond donors (Lipinski definition) is 0. The highest BCUT2D eigenvalue weighted by Gasteiger charge is 2.21. The van der Waals surface area contributed by atoms with E-state index in [1.165, 1.54) is 38.9 Å². The SMILES string of the molecule is CC(=Cn1c2c(c3cc(C)ccc31)CN(C)CC2)c1ccnc(C)c1. The van der Waals surface area contributed by atoms with Gasteiger partial charge in [-0.3, -0.25) is 4.98 Å². The molecule has 0 amide bonds. The van der Waals surface area contributed by atoms with Crippen molar-refractivity contribution in [2.24, 2.45) is 0 Å². The normalized spacial score (nSPS) is 15.6. The third kappa shape index (κ3) is 2.89. The van der Waals surface area contributed by atoms with Gasteiger partial charge in [-0.1, -0.05) is 11.6 Å². The first-order chi connectivity index (χ1) is 12.0. The average Bonchev–Trinajstić information content (AvgIpc) is 2.87. The van der Waals surface area contributed by atoms with Gasteiger partial charge in [-0.15, -0.1) is 0 Å². The first-order valence-electron chi connectivity index (χ1n) is 8.95. The van der Waals surface area contributed by atoms with Crippen LogP contribution in [0.25, 0.3) is 22.7 Å². The third-order valence-corrected chi connectivity index (χ3v) is 5.21. The summed E-state index contributed by atoms with van der Waals surface area (Å²) in [4.78, 5) is 6.73. The lowest BCUT2D eigenvalue weighted by molar-refractivity contribution is 0.312. The maximum Gasteiger partial charge on any atom is 0.0529 e. The fourth-order valence-corrected chi connectivity index (χ4v) is 3.85. The van der Waals surface area contributed by atoms with E-state index in [9.17, 15) is 0 Å². The Bertz CT molecular complexity index is 978. The van der Waals surface area contributed by atoms with Crippen molar-refractivity contribution in [2.45, 2.75) is 33.7 Å². The lowest BCUT2D eigenvalue weighted by Gasteiger charge is -2.23. The molecular formula is C22H25N3. The van der Waals surface area contributed by atoms with Gasteiger partial charge in [-0.05, 0) is 68.8 Å². The molecule has 0 bridgehead atoms. The summed E-state index contributed by atoms with van der Waals surface area (Å²) in [5.41, 5.74) is 9.16. The molecule has 1 aromatic carbocycles. The highest BCUT2D eigenvalue weighted by Crippen LogP contribution is 2.32. The van der Waals surface area contributed by atoms with Crippen molar-refractivity contribution in [3.63, 3.8) is 0 Å². The Kier molecular flexibility index (Phi) is 3.97. The molecule has 2 aromatic heterocycles. The summed E-state index contributed by atoms with van der Waals surface area (Å²) in [5, 5.41) is 1.40. The molecule has 0 unspecified atom stereocenters. The number of rotatable bonds is 2. The molecule has 3 heterocycles. The second-order valence-corrected chi connectivity index (χ2v) is 7.30. The van der Waals surface area contributed by atoms with Crippen LogP contribution in [0.15, 0.2) is 36.5 Å². The Morgan fingerprint density at radius 2 is 2.00 bits per heavy atom. The van der Waals surface area contributed by atoms with Crippen LogP contribution in [0.5, 0.6) is 0 Å². The number of fused-ring (bicyclic) bond motifs is 3. The van der Waals surface area contributed by atoms with Gasteiger partial charge in [0.25, 0.3) is 0 Å². The number of benzene rings is 1. The van der Waals surface area contributed by atoms with Crippen LogP contribution in [0.2, 0.25) is 0 Å². The molecule has 3 nitrogen and oxygen atoms in total. The van der Waals surface area contributed by atoms with Gasteiger partial charge in [0.15, 0.2) is 0 Å². The maximum atomic E-state index is 4.32. The summed E-state index contributed by atoms with van der Waals surface area (Å²) in [6.07, 6.45) is 5.29. The molecular weight excluding hydrogens is 306 g/mol. The summed E-state index contributed by atoms with van der Waals surface area (Å²) < 4.78 is 2.42. The molecule has 0 spiro atoms. The quantitative estimate of drug-likeness (QED) is 0.681. The van der Waals surface area contributed by atoms with E-state index in [1.54, 1.807) is 0 Å². The predicted molar refractivity (Wildman–Crippen MR) is 106 cm³/mol. The zero-order valence-corrected chi connectivity index (χ0v) is 15.5. The molecule has 3 aromatic rings. The Morgan fingerprint density at radius 1 is 1.16 bits per heavy atom. The van der Waals surface area contributed by atoms with Gasteiger partial charge in [0.1, 0.15) is 0 Å². The summed E-state index contributed by atoms with van der Waals surface area (Å²) in [6.45, 7) is 8.56. The van der Waals surface area contributed by atoms with Crippen molar-refractivity contribution in [1.29, 1.82) is 0 Å². The highest BCUT2D eigenvalue weighted by atomic mass is 15.1. The molecule has 1 aliphatic heterocycles. The molecule has 0 saturated heterocycles. The van der Waals surface area contributed by atoms with Crippen molar-refractivity contribution >= 4 is 22.7 Å². The molecule has 25 heavy (non-hydrogen) atoms. The number of likely N-dealkylation sites (N-methyl/N-ethyl adjacent to an activating group) is 1. The van der Waals surface area contributed by atoms with E-state index in [2.05, 4.69) is 71.9 Å². The summed E-state index contributed by atoms with van der Waals surface area (Å²) in [5.74, 6) is 0. The van der Waals surface area contributed by atoms with Crippen molar-refractivity contribution in [3.8, 4) is 0 Å². The zero-order valence-electron chi connectivity index (χ0n) is 15.5. The van der Waals surface area contributed by atoms with Crippen LogP contribution in [-0.4, -0.2) is 28.0 Å². The second kappa shape index (κ2) is 6.16. The zero-order chi connectivity index (χ0) is 17.6. The summed E-state index contributed by atoms with van der Waals surface area (Å²) in [7, 11) is 2.21. The Labute approximate surface area is 149 Å². The molecule has 0 radical (unpaired) electrons. The van der Waals surface area contributed by atoms with E-state index in [0.717, 1.165) is 25.2 Å². The molecule has 128 valence electrons. The van der Waals surface area contributed by atoms with Crippen LogP contribution in [0.3, 0.4) is 0 Å². The standard InChI is InChI=1S/C22H25N3/c1-15-5-6-21-19(11-15)20-14-24(4)10-8-22(20)25(21)13-16(2)18-7-9-23-17(3)12-18/h5-7,9,11-13H,8,10,14H2,1-4H3. The first-order valence-corrected chi connectivity index (χ1v) is 8.95. The number of allylic oxidation sites excluding steroid dienone is 1. The minimum Gasteiger partial charge on any atom is -0.320 e. The largest absolute Gasteiger partial charge is 0.320 e. The lowest BCUT2D eigenvalue weighted by atomic mass is 10.0. The number of nitrogens with zero attached hydrogens (tertiary/aromatic N) is 3. The fourth-order valence-electron chi connectivity index (χ4n) is 3.85. The smallest absolute Gasteiger partial charge is 0.0529 e. The summed E-state index contributed by atoms with van der Waals surface area (Å²) >= 11 is 0. The number of hydrogen-bond acceptors (Lipinski definition) is 2. The maximum absolute atomic E-state index is 4.32. The van der Waals surface area contributed by atoms with Crippen molar-refractivity contribution < 1.29 is 0 Å². The lowest BCUT2D eigenvalue weighted by Crippen LogP contribution is -2.26. The van der Waals surface area contributed by atoms with E-state index in [4.69, 9.17) is 0 Å². The van der Waals surface area contributed by atoms with Gasteiger partial charge < -0.3 is 9.47 Å². The predicted octanol–water partition coefficient (Wildman–Crippen LogP) is 4.66. The van der Waals surface area contributed by atoms with E-state index in [0.29, 0.717) is 0 Å². The monoisotopic (exact) mass is 331 g/mol. The number of aromatic nitrogens is 2. The van der Waals surface area contributed by atoms with Crippen LogP contribution in [0, 0.1) is 13.8 Å². The Balaban J connectivity index is 1.91. The average molecular weight is 331 g/mol. The second-order valence-electron chi connectivity index (χ2n) is 7.30. The molecule has 0 aliphatic carbocycles. The van der Waals surface area contributed by atoms with E-state index >= 15 is 0 Å². The van der Waals surface area contributed by atoms with Gasteiger partial charge in [0.2, 0.25) is 0 Å². The molecule has 0 atom stereocenters. The molecule has 0 saturated carbocycles. The van der Waals surface area contributed by atoms with Crippen molar-refractivity contribution in [2.75, 3.05) is 13.6 Å². The van der Waals surface area contributed by atoms with E-state index in [1.807, 2.05) is 13.1 Å². The Morgan fingerprint density at radius 3 is 2.80 bits per heavy atom.